The van der Waals surface area contributed by atoms with E-state index in [1.165, 1.54) is 0 Å². The minimum Gasteiger partial charge on any atom is -0.356 e. The van der Waals surface area contributed by atoms with E-state index in [9.17, 15) is 0 Å². The Balaban J connectivity index is 2.71. The highest BCUT2D eigenvalue weighted by Gasteiger charge is 2.03. The fraction of sp³-hybridized carbons (Fsp3) is 0. The van der Waals surface area contributed by atoms with Gasteiger partial charge in [-0.2, -0.15) is 5.10 Å². The van der Waals surface area contributed by atoms with Crippen molar-refractivity contribution >= 4 is 21.9 Å². The molecule has 0 aliphatic heterocycles. The van der Waals surface area contributed by atoms with Gasteiger partial charge in [0, 0.05) is 5.39 Å². The van der Waals surface area contributed by atoms with E-state index in [1.807, 2.05) is 12.1 Å². The average Bonchev–Trinajstić information content (AvgIpc) is 2.71. The Bertz CT molecular complexity index is 487. The van der Waals surface area contributed by atoms with Gasteiger partial charge in [0.05, 0.1) is 23.3 Å². The van der Waals surface area contributed by atoms with Crippen LogP contribution in [-0.2, 0) is 0 Å². The summed E-state index contributed by atoms with van der Waals surface area (Å²) in [6.07, 6.45) is 3.47. The topological polar surface area (TPSA) is 54.7 Å². The number of fused-ring (bicyclic) bond motifs is 3. The minimum absolute atomic E-state index is 0.795. The van der Waals surface area contributed by atoms with Gasteiger partial charge in [0.1, 0.15) is 0 Å². The van der Waals surface area contributed by atoms with E-state index in [4.69, 9.17) is 4.52 Å². The molecule has 4 heteroatoms. The number of H-pyrrole nitrogens is 1. The van der Waals surface area contributed by atoms with Crippen molar-refractivity contribution in [2.24, 2.45) is 0 Å². The minimum atomic E-state index is 0.795. The van der Waals surface area contributed by atoms with Gasteiger partial charge in [-0.3, -0.25) is 5.10 Å². The second-order valence-corrected chi connectivity index (χ2v) is 2.63. The van der Waals surface area contributed by atoms with Crippen LogP contribution in [0.5, 0.6) is 0 Å². The molecule has 0 aliphatic rings. The van der Waals surface area contributed by atoms with Crippen LogP contribution in [0.4, 0.5) is 0 Å². The molecule has 1 N–H and O–H groups in total. The van der Waals surface area contributed by atoms with Crippen LogP contribution in [-0.4, -0.2) is 15.4 Å². The van der Waals surface area contributed by atoms with Crippen LogP contribution in [0.1, 0.15) is 0 Å². The molecule has 0 saturated heterocycles. The predicted octanol–water partition coefficient (Wildman–Crippen LogP) is 1.70. The van der Waals surface area contributed by atoms with Gasteiger partial charge in [0.2, 0.25) is 0 Å². The first-order valence-electron chi connectivity index (χ1n) is 3.61. The van der Waals surface area contributed by atoms with Crippen molar-refractivity contribution in [3.63, 3.8) is 0 Å². The van der Waals surface area contributed by atoms with Crippen molar-refractivity contribution in [2.45, 2.75) is 0 Å². The predicted molar refractivity (Wildman–Crippen MR) is 43.7 cm³/mol. The number of aromatic amines is 1. The molecule has 0 amide bonds. The molecule has 0 bridgehead atoms. The summed E-state index contributed by atoms with van der Waals surface area (Å²) in [6, 6.07) is 3.80. The van der Waals surface area contributed by atoms with Gasteiger partial charge in [0.15, 0.2) is 5.58 Å². The smallest absolute Gasteiger partial charge is 0.167 e. The number of nitrogens with zero attached hydrogens (tertiary/aromatic N) is 2. The molecule has 0 radical (unpaired) electrons. The summed E-state index contributed by atoms with van der Waals surface area (Å²) in [5.74, 6) is 0. The first kappa shape index (κ1) is 5.77. The summed E-state index contributed by atoms with van der Waals surface area (Å²) in [5, 5.41) is 12.6. The van der Waals surface area contributed by atoms with Crippen molar-refractivity contribution in [3.05, 3.63) is 24.5 Å². The van der Waals surface area contributed by atoms with Crippen LogP contribution in [0.25, 0.3) is 21.9 Å². The highest BCUT2D eigenvalue weighted by Crippen LogP contribution is 2.22. The number of hydrogen-bond acceptors (Lipinski definition) is 3. The van der Waals surface area contributed by atoms with Gasteiger partial charge in [-0.15, -0.1) is 0 Å². The van der Waals surface area contributed by atoms with Crippen LogP contribution >= 0.6 is 0 Å². The normalized spacial score (nSPS) is 11.3. The molecule has 2 aromatic heterocycles. The van der Waals surface area contributed by atoms with E-state index in [0.29, 0.717) is 0 Å². The Morgan fingerprint density at radius 3 is 3.17 bits per heavy atom. The molecule has 4 nitrogen and oxygen atoms in total. The van der Waals surface area contributed by atoms with Crippen LogP contribution in [0.2, 0.25) is 0 Å². The van der Waals surface area contributed by atoms with E-state index in [1.54, 1.807) is 12.4 Å². The molecule has 1 aromatic carbocycles. The molecular weight excluding hydrogens is 154 g/mol. The maximum Gasteiger partial charge on any atom is 0.167 e. The van der Waals surface area contributed by atoms with Crippen molar-refractivity contribution in [1.29, 1.82) is 0 Å². The Morgan fingerprint density at radius 1 is 1.17 bits per heavy atom. The van der Waals surface area contributed by atoms with Crippen LogP contribution in [0, 0.1) is 0 Å². The van der Waals surface area contributed by atoms with Crippen LogP contribution in [0.3, 0.4) is 0 Å². The third-order valence-electron chi connectivity index (χ3n) is 1.96. The number of aromatic nitrogens is 3. The van der Waals surface area contributed by atoms with Crippen molar-refractivity contribution in [3.8, 4) is 0 Å². The molecule has 0 saturated carbocycles. The monoisotopic (exact) mass is 159 g/mol. The highest BCUT2D eigenvalue weighted by atomic mass is 16.5. The molecular formula is C8H5N3O. The largest absolute Gasteiger partial charge is 0.356 e. The highest BCUT2D eigenvalue weighted by molar-refractivity contribution is 6.03. The Morgan fingerprint density at radius 2 is 2.17 bits per heavy atom. The summed E-state index contributed by atoms with van der Waals surface area (Å²) < 4.78 is 5.00. The second kappa shape index (κ2) is 1.85. The van der Waals surface area contributed by atoms with Gasteiger partial charge < -0.3 is 4.52 Å². The molecule has 0 spiro atoms. The van der Waals surface area contributed by atoms with Crippen LogP contribution in [0.15, 0.2) is 29.0 Å². The molecule has 0 aliphatic carbocycles. The van der Waals surface area contributed by atoms with Gasteiger partial charge in [-0.05, 0) is 12.1 Å². The molecule has 0 unspecified atom stereocenters. The lowest BCUT2D eigenvalue weighted by Gasteiger charge is -1.86. The molecule has 2 heterocycles. The summed E-state index contributed by atoms with van der Waals surface area (Å²) in [7, 11) is 0. The number of benzene rings is 1. The SMILES string of the molecule is c1cc2oncc2c2cn[nH]c12. The third kappa shape index (κ3) is 0.567. The number of hydrogen-bond donors (Lipinski definition) is 1. The second-order valence-electron chi connectivity index (χ2n) is 2.63. The molecule has 3 rings (SSSR count). The van der Waals surface area contributed by atoms with Crippen molar-refractivity contribution < 1.29 is 4.52 Å². The molecule has 3 aromatic rings. The Kier molecular flexibility index (Phi) is 0.889. The van der Waals surface area contributed by atoms with E-state index < -0.39 is 0 Å². The maximum atomic E-state index is 5.00. The molecule has 58 valence electrons. The average molecular weight is 159 g/mol. The van der Waals surface area contributed by atoms with Crippen LogP contribution < -0.4 is 0 Å². The number of nitrogens with one attached hydrogen (secondary N) is 1. The van der Waals surface area contributed by atoms with Gasteiger partial charge in [-0.1, -0.05) is 5.16 Å². The van der Waals surface area contributed by atoms with E-state index in [2.05, 4.69) is 15.4 Å². The van der Waals surface area contributed by atoms with Crippen molar-refractivity contribution in [2.75, 3.05) is 0 Å². The van der Waals surface area contributed by atoms with E-state index >= 15 is 0 Å². The zero-order chi connectivity index (χ0) is 7.97. The summed E-state index contributed by atoms with van der Waals surface area (Å²) in [6.45, 7) is 0. The third-order valence-corrected chi connectivity index (χ3v) is 1.96. The van der Waals surface area contributed by atoms with E-state index in [0.717, 1.165) is 21.9 Å². The van der Waals surface area contributed by atoms with E-state index in [-0.39, 0.29) is 0 Å². The lowest BCUT2D eigenvalue weighted by atomic mass is 10.2. The quantitative estimate of drug-likeness (QED) is 0.543. The zero-order valence-electron chi connectivity index (χ0n) is 6.11. The summed E-state index contributed by atoms with van der Waals surface area (Å²) >= 11 is 0. The Hall–Kier alpha value is -1.84. The fourth-order valence-electron chi connectivity index (χ4n) is 1.37. The Labute approximate surface area is 67.2 Å². The van der Waals surface area contributed by atoms with Gasteiger partial charge in [0.25, 0.3) is 0 Å². The lowest BCUT2D eigenvalue weighted by molar-refractivity contribution is 0.456. The first-order valence-corrected chi connectivity index (χ1v) is 3.61. The summed E-state index contributed by atoms with van der Waals surface area (Å²) in [5.41, 5.74) is 1.80. The fourth-order valence-corrected chi connectivity index (χ4v) is 1.37. The number of rotatable bonds is 0. The molecule has 12 heavy (non-hydrogen) atoms. The van der Waals surface area contributed by atoms with Gasteiger partial charge >= 0.3 is 0 Å². The van der Waals surface area contributed by atoms with Gasteiger partial charge in [-0.25, -0.2) is 0 Å². The first-order chi connectivity index (χ1) is 5.95. The standard InChI is InChI=1S/C8H5N3O/c1-2-8-6(4-10-12-8)5-3-9-11-7(1)5/h1-4H,(H,9,11). The maximum absolute atomic E-state index is 5.00. The van der Waals surface area contributed by atoms with Crippen molar-refractivity contribution in [1.82, 2.24) is 15.4 Å². The molecule has 0 fully saturated rings. The molecule has 0 atom stereocenters. The zero-order valence-corrected chi connectivity index (χ0v) is 6.11. The lowest BCUT2D eigenvalue weighted by Crippen LogP contribution is -1.67. The summed E-state index contributed by atoms with van der Waals surface area (Å²) in [4.78, 5) is 0.